The highest BCUT2D eigenvalue weighted by molar-refractivity contribution is 9.10. The molecule has 0 aliphatic carbocycles. The molecule has 0 heterocycles. The number of rotatable bonds is 8. The molecule has 1 aromatic carbocycles. The van der Waals surface area contributed by atoms with Crippen LogP contribution in [0.4, 0.5) is 0 Å². The Balaban J connectivity index is 2.47. The molecular weight excluding hydrogens is 294 g/mol. The Hall–Kier alpha value is -0.870. The molecule has 0 fully saturated rings. The molecule has 0 amide bonds. The van der Waals surface area contributed by atoms with Gasteiger partial charge in [-0.25, -0.2) is 0 Å². The van der Waals surface area contributed by atoms with E-state index in [2.05, 4.69) is 28.2 Å². The smallest absolute Gasteiger partial charge is 0.321 e. The van der Waals surface area contributed by atoms with E-state index in [0.29, 0.717) is 6.42 Å². The van der Waals surface area contributed by atoms with Crippen molar-refractivity contribution in [2.24, 2.45) is 0 Å². The lowest BCUT2D eigenvalue weighted by Crippen LogP contribution is -2.39. The Kier molecular flexibility index (Phi) is 6.98. The molecule has 0 saturated heterocycles. The second-order valence-corrected chi connectivity index (χ2v) is 5.30. The summed E-state index contributed by atoms with van der Waals surface area (Å²) in [6.07, 6.45) is 3.83. The summed E-state index contributed by atoms with van der Waals surface area (Å²) >= 11 is 3.37. The topological polar surface area (TPSA) is 49.3 Å². The number of carboxylic acids is 1. The molecule has 0 aliphatic rings. The van der Waals surface area contributed by atoms with Crippen LogP contribution >= 0.6 is 15.9 Å². The minimum Gasteiger partial charge on any atom is -0.480 e. The second-order valence-electron chi connectivity index (χ2n) is 4.38. The van der Waals surface area contributed by atoms with Crippen LogP contribution in [0.15, 0.2) is 28.7 Å². The number of hydrogen-bond acceptors (Lipinski definition) is 2. The lowest BCUT2D eigenvalue weighted by molar-refractivity contribution is -0.139. The summed E-state index contributed by atoms with van der Waals surface area (Å²) in [5.74, 6) is -0.783. The highest BCUT2D eigenvalue weighted by atomic mass is 79.9. The minimum absolute atomic E-state index is 0.497. The van der Waals surface area contributed by atoms with Crippen LogP contribution in [-0.2, 0) is 11.2 Å². The molecule has 4 heteroatoms. The number of nitrogens with one attached hydrogen (secondary N) is 1. The fraction of sp³-hybridized carbons (Fsp3) is 0.500. The SMILES string of the molecule is CCCCCN[C@@H](Cc1ccc(Br)cc1)C(=O)O. The third kappa shape index (κ3) is 5.65. The molecule has 0 aromatic heterocycles. The van der Waals surface area contributed by atoms with Gasteiger partial charge >= 0.3 is 5.97 Å². The van der Waals surface area contributed by atoms with Crippen LogP contribution in [0, 0.1) is 0 Å². The van der Waals surface area contributed by atoms with Crippen molar-refractivity contribution >= 4 is 21.9 Å². The van der Waals surface area contributed by atoms with Crippen LogP contribution in [-0.4, -0.2) is 23.7 Å². The van der Waals surface area contributed by atoms with E-state index in [1.165, 1.54) is 0 Å². The zero-order valence-electron chi connectivity index (χ0n) is 10.7. The molecule has 0 saturated carbocycles. The van der Waals surface area contributed by atoms with Gasteiger partial charge in [-0.05, 0) is 37.1 Å². The molecule has 0 unspecified atom stereocenters. The first-order valence-electron chi connectivity index (χ1n) is 6.34. The molecule has 3 nitrogen and oxygen atoms in total. The largest absolute Gasteiger partial charge is 0.480 e. The Morgan fingerprint density at radius 2 is 2.00 bits per heavy atom. The first-order valence-corrected chi connectivity index (χ1v) is 7.13. The molecule has 1 rings (SSSR count). The Bertz CT molecular complexity index is 365. The van der Waals surface area contributed by atoms with Crippen molar-refractivity contribution < 1.29 is 9.90 Å². The lowest BCUT2D eigenvalue weighted by Gasteiger charge is -2.14. The van der Waals surface area contributed by atoms with Crippen molar-refractivity contribution in [3.05, 3.63) is 34.3 Å². The summed E-state index contributed by atoms with van der Waals surface area (Å²) in [6, 6.07) is 7.28. The molecule has 1 aromatic rings. The zero-order valence-corrected chi connectivity index (χ0v) is 12.2. The van der Waals surface area contributed by atoms with Crippen LogP contribution in [0.5, 0.6) is 0 Å². The van der Waals surface area contributed by atoms with Crippen LogP contribution in [0.25, 0.3) is 0 Å². The van der Waals surface area contributed by atoms with E-state index in [4.69, 9.17) is 0 Å². The molecule has 0 bridgehead atoms. The number of carboxylic acid groups (broad SMARTS) is 1. The number of halogens is 1. The van der Waals surface area contributed by atoms with Gasteiger partial charge in [0.05, 0.1) is 0 Å². The van der Waals surface area contributed by atoms with Crippen molar-refractivity contribution in [2.45, 2.75) is 38.6 Å². The van der Waals surface area contributed by atoms with Gasteiger partial charge in [0.25, 0.3) is 0 Å². The molecule has 2 N–H and O–H groups in total. The average Bonchev–Trinajstić information content (AvgIpc) is 2.35. The van der Waals surface area contributed by atoms with Gasteiger partial charge in [-0.15, -0.1) is 0 Å². The summed E-state index contributed by atoms with van der Waals surface area (Å²) in [4.78, 5) is 11.2. The number of carbonyl (C=O) groups is 1. The number of aliphatic carboxylic acids is 1. The van der Waals surface area contributed by atoms with Crippen molar-refractivity contribution in [3.8, 4) is 0 Å². The summed E-state index contributed by atoms with van der Waals surface area (Å²) < 4.78 is 1.01. The molecule has 1 atom stereocenters. The maximum atomic E-state index is 11.2. The maximum Gasteiger partial charge on any atom is 0.321 e. The minimum atomic E-state index is -0.783. The number of unbranched alkanes of at least 4 members (excludes halogenated alkanes) is 2. The highest BCUT2D eigenvalue weighted by Crippen LogP contribution is 2.12. The van der Waals surface area contributed by atoms with Gasteiger partial charge in [0.1, 0.15) is 6.04 Å². The van der Waals surface area contributed by atoms with Crippen molar-refractivity contribution in [3.63, 3.8) is 0 Å². The van der Waals surface area contributed by atoms with Gasteiger partial charge < -0.3 is 10.4 Å². The van der Waals surface area contributed by atoms with Gasteiger partial charge in [0, 0.05) is 4.47 Å². The predicted octanol–water partition coefficient (Wildman–Crippen LogP) is 3.22. The number of benzene rings is 1. The summed E-state index contributed by atoms with van der Waals surface area (Å²) in [7, 11) is 0. The van der Waals surface area contributed by atoms with E-state index >= 15 is 0 Å². The van der Waals surface area contributed by atoms with Gasteiger partial charge in [0.2, 0.25) is 0 Å². The van der Waals surface area contributed by atoms with Crippen LogP contribution in [0.1, 0.15) is 31.7 Å². The molecule has 100 valence electrons. The van der Waals surface area contributed by atoms with E-state index in [1.807, 2.05) is 24.3 Å². The third-order valence-electron chi connectivity index (χ3n) is 2.82. The maximum absolute atomic E-state index is 11.2. The second kappa shape index (κ2) is 8.27. The Morgan fingerprint density at radius 3 is 2.56 bits per heavy atom. The predicted molar refractivity (Wildman–Crippen MR) is 76.8 cm³/mol. The van der Waals surface area contributed by atoms with Gasteiger partial charge in [-0.3, -0.25) is 4.79 Å². The van der Waals surface area contributed by atoms with E-state index in [0.717, 1.165) is 35.8 Å². The first kappa shape index (κ1) is 15.2. The van der Waals surface area contributed by atoms with Crippen LogP contribution in [0.3, 0.4) is 0 Å². The Morgan fingerprint density at radius 1 is 1.33 bits per heavy atom. The first-order chi connectivity index (χ1) is 8.63. The van der Waals surface area contributed by atoms with Crippen LogP contribution in [0.2, 0.25) is 0 Å². The summed E-state index contributed by atoms with van der Waals surface area (Å²) in [6.45, 7) is 2.90. The molecule has 0 spiro atoms. The molecule has 0 radical (unpaired) electrons. The van der Waals surface area contributed by atoms with Crippen molar-refractivity contribution in [2.75, 3.05) is 6.54 Å². The van der Waals surface area contributed by atoms with E-state index in [-0.39, 0.29) is 0 Å². The lowest BCUT2D eigenvalue weighted by atomic mass is 10.1. The van der Waals surface area contributed by atoms with Gasteiger partial charge in [0.15, 0.2) is 0 Å². The molecular formula is C14H20BrNO2. The molecule has 18 heavy (non-hydrogen) atoms. The zero-order chi connectivity index (χ0) is 13.4. The number of hydrogen-bond donors (Lipinski definition) is 2. The standard InChI is InChI=1S/C14H20BrNO2/c1-2-3-4-9-16-13(14(17)18)10-11-5-7-12(15)8-6-11/h5-8,13,16H,2-4,9-10H2,1H3,(H,17,18)/t13-/m0/s1. The monoisotopic (exact) mass is 313 g/mol. The third-order valence-corrected chi connectivity index (χ3v) is 3.35. The van der Waals surface area contributed by atoms with Crippen LogP contribution < -0.4 is 5.32 Å². The van der Waals surface area contributed by atoms with Crippen molar-refractivity contribution in [1.29, 1.82) is 0 Å². The van der Waals surface area contributed by atoms with E-state index < -0.39 is 12.0 Å². The normalized spacial score (nSPS) is 12.3. The van der Waals surface area contributed by atoms with E-state index in [9.17, 15) is 9.90 Å². The van der Waals surface area contributed by atoms with Gasteiger partial charge in [-0.1, -0.05) is 47.8 Å². The van der Waals surface area contributed by atoms with Crippen molar-refractivity contribution in [1.82, 2.24) is 5.32 Å². The van der Waals surface area contributed by atoms with Gasteiger partial charge in [-0.2, -0.15) is 0 Å². The summed E-state index contributed by atoms with van der Waals surface area (Å²) in [5.41, 5.74) is 1.04. The van der Waals surface area contributed by atoms with E-state index in [1.54, 1.807) is 0 Å². The molecule has 0 aliphatic heterocycles. The fourth-order valence-electron chi connectivity index (χ4n) is 1.75. The quantitative estimate of drug-likeness (QED) is 0.724. The highest BCUT2D eigenvalue weighted by Gasteiger charge is 2.16. The fourth-order valence-corrected chi connectivity index (χ4v) is 2.02. The Labute approximate surface area is 117 Å². The summed E-state index contributed by atoms with van der Waals surface area (Å²) in [5, 5.41) is 12.3. The average molecular weight is 314 g/mol.